The summed E-state index contributed by atoms with van der Waals surface area (Å²) in [6.07, 6.45) is 2.02. The van der Waals surface area contributed by atoms with E-state index in [0.717, 1.165) is 9.65 Å². The third-order valence-electron chi connectivity index (χ3n) is 3.36. The second kappa shape index (κ2) is 5.03. The van der Waals surface area contributed by atoms with E-state index in [0.29, 0.717) is 28.6 Å². The van der Waals surface area contributed by atoms with Crippen LogP contribution in [0.4, 0.5) is 0 Å². The number of pyridine rings is 1. The maximum Gasteiger partial charge on any atom is 0.283 e. The lowest BCUT2D eigenvalue weighted by Crippen LogP contribution is -2.14. The smallest absolute Gasteiger partial charge is 0.283 e. The summed E-state index contributed by atoms with van der Waals surface area (Å²) in [7, 11) is -3.84. The summed E-state index contributed by atoms with van der Waals surface area (Å²) in [5, 5.41) is 4.09. The Morgan fingerprint density at radius 2 is 1.82 bits per heavy atom. The molecule has 7 heteroatoms. The lowest BCUT2D eigenvalue weighted by Gasteiger charge is -2.06. The number of aromatic nitrogens is 3. The van der Waals surface area contributed by atoms with Gasteiger partial charge in [-0.2, -0.15) is 17.6 Å². The van der Waals surface area contributed by atoms with Crippen LogP contribution in [0.3, 0.4) is 0 Å². The summed E-state index contributed by atoms with van der Waals surface area (Å²) in [5.41, 5.74) is 2.50. The SMILES string of the molecule is Cc1ccc(S(=O)(=O)n2nc(C)c3ncc(C=O)cc32)cc1. The highest BCUT2D eigenvalue weighted by Gasteiger charge is 2.22. The van der Waals surface area contributed by atoms with E-state index in [2.05, 4.69) is 10.1 Å². The number of carbonyl (C=O) groups is 1. The summed E-state index contributed by atoms with van der Waals surface area (Å²) >= 11 is 0. The molecular weight excluding hydrogens is 302 g/mol. The number of fused-ring (bicyclic) bond motifs is 1. The van der Waals surface area contributed by atoms with Gasteiger partial charge in [-0.3, -0.25) is 9.78 Å². The number of benzene rings is 1. The number of hydrogen-bond acceptors (Lipinski definition) is 5. The van der Waals surface area contributed by atoms with Crippen LogP contribution in [0.25, 0.3) is 11.0 Å². The molecule has 0 saturated carbocycles. The molecule has 0 bridgehead atoms. The number of nitrogens with zero attached hydrogens (tertiary/aromatic N) is 3. The molecule has 0 fully saturated rings. The van der Waals surface area contributed by atoms with Crippen molar-refractivity contribution in [3.63, 3.8) is 0 Å². The van der Waals surface area contributed by atoms with Gasteiger partial charge in [0, 0.05) is 11.8 Å². The monoisotopic (exact) mass is 315 g/mol. The van der Waals surface area contributed by atoms with Gasteiger partial charge in [-0.15, -0.1) is 0 Å². The molecule has 1 aromatic carbocycles. The minimum absolute atomic E-state index is 0.138. The van der Waals surface area contributed by atoms with Crippen LogP contribution < -0.4 is 0 Å². The first-order valence-electron chi connectivity index (χ1n) is 6.56. The van der Waals surface area contributed by atoms with Crippen molar-refractivity contribution in [2.24, 2.45) is 0 Å². The van der Waals surface area contributed by atoms with Gasteiger partial charge in [-0.25, -0.2) is 0 Å². The molecule has 0 unspecified atom stereocenters. The van der Waals surface area contributed by atoms with Gasteiger partial charge in [-0.1, -0.05) is 17.7 Å². The van der Waals surface area contributed by atoms with Crippen molar-refractivity contribution in [1.29, 1.82) is 0 Å². The number of hydrogen-bond donors (Lipinski definition) is 0. The quantitative estimate of drug-likeness (QED) is 0.691. The van der Waals surface area contributed by atoms with Crippen LogP contribution in [0.2, 0.25) is 0 Å². The minimum atomic E-state index is -3.84. The summed E-state index contributed by atoms with van der Waals surface area (Å²) in [5.74, 6) is 0. The molecule has 2 heterocycles. The molecule has 0 aliphatic heterocycles. The Kier molecular flexibility index (Phi) is 3.29. The molecule has 3 rings (SSSR count). The van der Waals surface area contributed by atoms with Gasteiger partial charge >= 0.3 is 0 Å². The van der Waals surface area contributed by atoms with Crippen molar-refractivity contribution in [2.45, 2.75) is 18.7 Å². The Morgan fingerprint density at radius 1 is 1.14 bits per heavy atom. The lowest BCUT2D eigenvalue weighted by molar-refractivity contribution is 0.112. The summed E-state index contributed by atoms with van der Waals surface area (Å²) < 4.78 is 26.4. The van der Waals surface area contributed by atoms with E-state index in [9.17, 15) is 13.2 Å². The van der Waals surface area contributed by atoms with Gasteiger partial charge in [0.1, 0.15) is 11.0 Å². The Morgan fingerprint density at radius 3 is 2.45 bits per heavy atom. The summed E-state index contributed by atoms with van der Waals surface area (Å²) in [4.78, 5) is 15.2. The third-order valence-corrected chi connectivity index (χ3v) is 4.96. The second-order valence-electron chi connectivity index (χ2n) is 5.00. The zero-order valence-corrected chi connectivity index (χ0v) is 12.8. The first-order valence-corrected chi connectivity index (χ1v) is 8.00. The number of carbonyl (C=O) groups excluding carboxylic acids is 1. The van der Waals surface area contributed by atoms with Crippen LogP contribution >= 0.6 is 0 Å². The molecule has 2 aromatic heterocycles. The van der Waals surface area contributed by atoms with Crippen molar-refractivity contribution in [1.82, 2.24) is 14.2 Å². The minimum Gasteiger partial charge on any atom is -0.298 e. The van der Waals surface area contributed by atoms with Crippen LogP contribution in [0.5, 0.6) is 0 Å². The lowest BCUT2D eigenvalue weighted by atomic mass is 10.2. The van der Waals surface area contributed by atoms with E-state index in [4.69, 9.17) is 0 Å². The fourth-order valence-corrected chi connectivity index (χ4v) is 3.50. The Balaban J connectivity index is 2.28. The zero-order valence-electron chi connectivity index (χ0n) is 12.0. The molecule has 22 heavy (non-hydrogen) atoms. The zero-order chi connectivity index (χ0) is 15.9. The van der Waals surface area contributed by atoms with Crippen LogP contribution in [-0.2, 0) is 10.0 Å². The predicted molar refractivity (Wildman–Crippen MR) is 81.4 cm³/mol. The van der Waals surface area contributed by atoms with Gasteiger partial charge < -0.3 is 0 Å². The molecule has 0 amide bonds. The maximum absolute atomic E-state index is 12.8. The van der Waals surface area contributed by atoms with E-state index < -0.39 is 10.0 Å². The first-order chi connectivity index (χ1) is 10.4. The van der Waals surface area contributed by atoms with Crippen LogP contribution in [0.1, 0.15) is 21.6 Å². The summed E-state index contributed by atoms with van der Waals surface area (Å²) in [6.45, 7) is 3.56. The standard InChI is InChI=1S/C15H13N3O3S/c1-10-3-5-13(6-4-10)22(20,21)18-14-7-12(9-19)8-16-15(14)11(2)17-18/h3-9H,1-2H3. The van der Waals surface area contributed by atoms with Gasteiger partial charge in [0.25, 0.3) is 10.0 Å². The van der Waals surface area contributed by atoms with Crippen molar-refractivity contribution in [3.05, 3.63) is 53.3 Å². The summed E-state index contributed by atoms with van der Waals surface area (Å²) in [6, 6.07) is 7.98. The van der Waals surface area contributed by atoms with E-state index in [1.807, 2.05) is 6.92 Å². The number of rotatable bonds is 3. The molecule has 0 atom stereocenters. The van der Waals surface area contributed by atoms with Gasteiger partial charge in [0.15, 0.2) is 6.29 Å². The van der Waals surface area contributed by atoms with Gasteiger partial charge in [0.05, 0.1) is 10.6 Å². The average molecular weight is 315 g/mol. The molecule has 0 aliphatic carbocycles. The molecule has 0 N–H and O–H groups in total. The van der Waals surface area contributed by atoms with Crippen molar-refractivity contribution >= 4 is 27.3 Å². The van der Waals surface area contributed by atoms with Crippen LogP contribution in [0.15, 0.2) is 41.4 Å². The van der Waals surface area contributed by atoms with E-state index in [1.165, 1.54) is 24.4 Å². The molecule has 0 aliphatic rings. The fraction of sp³-hybridized carbons (Fsp3) is 0.133. The molecule has 3 aromatic rings. The highest BCUT2D eigenvalue weighted by molar-refractivity contribution is 7.90. The normalized spacial score (nSPS) is 11.7. The fourth-order valence-electron chi connectivity index (χ4n) is 2.19. The van der Waals surface area contributed by atoms with Crippen molar-refractivity contribution in [3.8, 4) is 0 Å². The van der Waals surface area contributed by atoms with Gasteiger partial charge in [-0.05, 0) is 32.0 Å². The molecule has 0 saturated heterocycles. The van der Waals surface area contributed by atoms with Gasteiger partial charge in [0.2, 0.25) is 0 Å². The first kappa shape index (κ1) is 14.4. The highest BCUT2D eigenvalue weighted by Crippen LogP contribution is 2.22. The predicted octanol–water partition coefficient (Wildman–Crippen LogP) is 2.10. The number of aldehydes is 1. The molecular formula is C15H13N3O3S. The molecule has 0 spiro atoms. The van der Waals surface area contributed by atoms with Crippen LogP contribution in [0, 0.1) is 13.8 Å². The maximum atomic E-state index is 12.8. The van der Waals surface area contributed by atoms with Crippen molar-refractivity contribution < 1.29 is 13.2 Å². The largest absolute Gasteiger partial charge is 0.298 e. The van der Waals surface area contributed by atoms with E-state index in [-0.39, 0.29) is 4.90 Å². The Labute approximate surface area is 127 Å². The number of aryl methyl sites for hydroxylation is 2. The molecule has 0 radical (unpaired) electrons. The Hall–Kier alpha value is -2.54. The molecule has 112 valence electrons. The molecule has 6 nitrogen and oxygen atoms in total. The average Bonchev–Trinajstić information content (AvgIpc) is 2.85. The third kappa shape index (κ3) is 2.19. The highest BCUT2D eigenvalue weighted by atomic mass is 32.2. The van der Waals surface area contributed by atoms with E-state index in [1.54, 1.807) is 19.1 Å². The van der Waals surface area contributed by atoms with Crippen LogP contribution in [-0.4, -0.2) is 28.9 Å². The van der Waals surface area contributed by atoms with Crippen molar-refractivity contribution in [2.75, 3.05) is 0 Å². The topological polar surface area (TPSA) is 81.9 Å². The van der Waals surface area contributed by atoms with E-state index >= 15 is 0 Å². The Bertz CT molecular complexity index is 973. The second-order valence-corrected chi connectivity index (χ2v) is 6.77.